The topological polar surface area (TPSA) is 66.3 Å². The van der Waals surface area contributed by atoms with Crippen LogP contribution in [0.25, 0.3) is 0 Å². The number of carboxylic acids is 1. The van der Waals surface area contributed by atoms with Crippen molar-refractivity contribution in [2.24, 2.45) is 5.92 Å². The molecule has 0 amide bonds. The van der Waals surface area contributed by atoms with Gasteiger partial charge in [-0.25, -0.2) is 0 Å². The molecule has 1 aromatic rings. The first-order chi connectivity index (χ1) is 8.36. The second kappa shape index (κ2) is 4.43. The summed E-state index contributed by atoms with van der Waals surface area (Å²) >= 11 is 0. The van der Waals surface area contributed by atoms with Gasteiger partial charge in [0.05, 0.1) is 18.3 Å². The number of carbonyl (C=O) groups is 1. The summed E-state index contributed by atoms with van der Waals surface area (Å²) in [5.41, 5.74) is -0.722. The molecule has 0 aromatic carbocycles. The highest BCUT2D eigenvalue weighted by Crippen LogP contribution is 2.31. The molecule has 0 bridgehead atoms. The van der Waals surface area contributed by atoms with Crippen LogP contribution in [0, 0.1) is 5.92 Å². The third-order valence-corrected chi connectivity index (χ3v) is 2.72. The van der Waals surface area contributed by atoms with Crippen LogP contribution in [0.5, 0.6) is 0 Å². The molecule has 0 atom stereocenters. The molecule has 2 rings (SSSR count). The lowest BCUT2D eigenvalue weighted by Gasteiger charge is -2.40. The second-order valence-corrected chi connectivity index (χ2v) is 4.17. The first kappa shape index (κ1) is 12.6. The molecule has 1 aliphatic heterocycles. The molecule has 0 aliphatic carbocycles. The third kappa shape index (κ3) is 2.69. The Hall–Kier alpha value is -1.86. The highest BCUT2D eigenvalue weighted by molar-refractivity contribution is 5.67. The Morgan fingerprint density at radius 3 is 2.72 bits per heavy atom. The van der Waals surface area contributed by atoms with E-state index in [1.165, 1.54) is 6.20 Å². The predicted octanol–water partition coefficient (Wildman–Crippen LogP) is 1.41. The summed E-state index contributed by atoms with van der Waals surface area (Å²) in [6.45, 7) is 0.852. The van der Waals surface area contributed by atoms with Crippen molar-refractivity contribution >= 4 is 11.7 Å². The number of hydrogen-bond acceptors (Lipinski definition) is 4. The van der Waals surface area contributed by atoms with Gasteiger partial charge in [0.2, 0.25) is 0 Å². The summed E-state index contributed by atoms with van der Waals surface area (Å²) in [5, 5.41) is 14.9. The Morgan fingerprint density at radius 1 is 1.50 bits per heavy atom. The van der Waals surface area contributed by atoms with Crippen molar-refractivity contribution in [2.45, 2.75) is 12.6 Å². The van der Waals surface area contributed by atoms with E-state index in [0.29, 0.717) is 18.8 Å². The van der Waals surface area contributed by atoms with Crippen LogP contribution < -0.4 is 4.90 Å². The molecule has 1 fully saturated rings. The number of alkyl halides is 3. The maximum Gasteiger partial charge on any atom is 0.435 e. The van der Waals surface area contributed by atoms with E-state index in [1.807, 2.05) is 0 Å². The smallest absolute Gasteiger partial charge is 0.435 e. The molecular weight excluding hydrogens is 251 g/mol. The van der Waals surface area contributed by atoms with Crippen LogP contribution >= 0.6 is 0 Å². The Kier molecular flexibility index (Phi) is 3.10. The zero-order chi connectivity index (χ0) is 13.3. The van der Waals surface area contributed by atoms with Gasteiger partial charge in [0.25, 0.3) is 0 Å². The van der Waals surface area contributed by atoms with Crippen molar-refractivity contribution in [3.8, 4) is 0 Å². The summed E-state index contributed by atoms with van der Waals surface area (Å²) in [6, 6.07) is 0.921. The summed E-state index contributed by atoms with van der Waals surface area (Å²) in [6.07, 6.45) is -3.25. The highest BCUT2D eigenvalue weighted by atomic mass is 19.4. The van der Waals surface area contributed by atoms with Crippen LogP contribution in [0.3, 0.4) is 0 Å². The summed E-state index contributed by atoms with van der Waals surface area (Å²) in [7, 11) is 0. The molecule has 98 valence electrons. The molecule has 2 heterocycles. The third-order valence-electron chi connectivity index (χ3n) is 2.72. The van der Waals surface area contributed by atoms with Crippen LogP contribution in [0.4, 0.5) is 18.9 Å². The number of hydrogen-bond donors (Lipinski definition) is 1. The number of nitrogens with zero attached hydrogens (tertiary/aromatic N) is 3. The van der Waals surface area contributed by atoms with Gasteiger partial charge < -0.3 is 10.0 Å². The van der Waals surface area contributed by atoms with Crippen LogP contribution in [0.1, 0.15) is 12.1 Å². The number of aromatic nitrogens is 2. The van der Waals surface area contributed by atoms with Crippen molar-refractivity contribution in [2.75, 3.05) is 18.0 Å². The monoisotopic (exact) mass is 261 g/mol. The number of carboxylic acid groups (broad SMARTS) is 1. The van der Waals surface area contributed by atoms with Crippen molar-refractivity contribution in [1.29, 1.82) is 0 Å². The number of anilines is 1. The molecule has 5 nitrogen and oxygen atoms in total. The maximum atomic E-state index is 12.4. The van der Waals surface area contributed by atoms with E-state index in [1.54, 1.807) is 4.90 Å². The molecule has 18 heavy (non-hydrogen) atoms. The Bertz CT molecular complexity index is 458. The lowest BCUT2D eigenvalue weighted by atomic mass is 9.96. The predicted molar refractivity (Wildman–Crippen MR) is 55.0 cm³/mol. The zero-order valence-electron chi connectivity index (χ0n) is 9.18. The standard InChI is InChI=1S/C10H10F3N3O2/c11-10(12,13)8-2-7(3-14-15-8)16-4-6(5-16)1-9(17)18/h2-3,6H,1,4-5H2,(H,17,18). The molecular formula is C10H10F3N3O2. The molecule has 8 heteroatoms. The molecule has 1 aromatic heterocycles. The fraction of sp³-hybridized carbons (Fsp3) is 0.500. The molecule has 0 spiro atoms. The van der Waals surface area contributed by atoms with E-state index < -0.39 is 17.8 Å². The molecule has 0 saturated carbocycles. The molecule has 1 saturated heterocycles. The Morgan fingerprint density at radius 2 is 2.17 bits per heavy atom. The van der Waals surface area contributed by atoms with E-state index in [9.17, 15) is 18.0 Å². The molecule has 1 aliphatic rings. The number of rotatable bonds is 3. The normalized spacial score (nSPS) is 16.5. The minimum Gasteiger partial charge on any atom is -0.481 e. The van der Waals surface area contributed by atoms with Crippen LogP contribution in [-0.4, -0.2) is 34.4 Å². The summed E-state index contributed by atoms with van der Waals surface area (Å²) < 4.78 is 37.2. The molecule has 0 unspecified atom stereocenters. The largest absolute Gasteiger partial charge is 0.481 e. The second-order valence-electron chi connectivity index (χ2n) is 4.17. The molecule has 1 N–H and O–H groups in total. The van der Waals surface area contributed by atoms with Gasteiger partial charge >= 0.3 is 12.1 Å². The average molecular weight is 261 g/mol. The van der Waals surface area contributed by atoms with E-state index in [0.717, 1.165) is 6.07 Å². The van der Waals surface area contributed by atoms with Gasteiger partial charge in [0.1, 0.15) is 0 Å². The van der Waals surface area contributed by atoms with Crippen molar-refractivity contribution in [3.63, 3.8) is 0 Å². The highest BCUT2D eigenvalue weighted by Gasteiger charge is 2.35. The van der Waals surface area contributed by atoms with Crippen molar-refractivity contribution in [3.05, 3.63) is 18.0 Å². The van der Waals surface area contributed by atoms with Crippen molar-refractivity contribution in [1.82, 2.24) is 10.2 Å². The van der Waals surface area contributed by atoms with Gasteiger partial charge in [-0.05, 0) is 6.07 Å². The Balaban J connectivity index is 2.02. The SMILES string of the molecule is O=C(O)CC1CN(c2cnnc(C(F)(F)F)c2)C1. The zero-order valence-corrected chi connectivity index (χ0v) is 9.18. The number of halogens is 3. The van der Waals surface area contributed by atoms with Crippen LogP contribution in [0.2, 0.25) is 0 Å². The Labute approximate surface area is 100 Å². The fourth-order valence-electron chi connectivity index (χ4n) is 1.82. The minimum atomic E-state index is -4.52. The summed E-state index contributed by atoms with van der Waals surface area (Å²) in [5.74, 6) is -0.923. The van der Waals surface area contributed by atoms with E-state index in [-0.39, 0.29) is 12.3 Å². The number of aliphatic carboxylic acids is 1. The van der Waals surface area contributed by atoms with E-state index in [2.05, 4.69) is 10.2 Å². The summed E-state index contributed by atoms with van der Waals surface area (Å²) in [4.78, 5) is 12.1. The van der Waals surface area contributed by atoms with E-state index in [4.69, 9.17) is 5.11 Å². The van der Waals surface area contributed by atoms with Gasteiger partial charge in [-0.3, -0.25) is 4.79 Å². The lowest BCUT2D eigenvalue weighted by molar-refractivity contribution is -0.141. The van der Waals surface area contributed by atoms with Crippen molar-refractivity contribution < 1.29 is 23.1 Å². The van der Waals surface area contributed by atoms with Gasteiger partial charge in [-0.2, -0.15) is 18.3 Å². The van der Waals surface area contributed by atoms with Gasteiger partial charge in [0, 0.05) is 19.0 Å². The average Bonchev–Trinajstić information content (AvgIpc) is 2.21. The first-order valence-corrected chi connectivity index (χ1v) is 5.23. The van der Waals surface area contributed by atoms with E-state index >= 15 is 0 Å². The molecule has 0 radical (unpaired) electrons. The van der Waals surface area contributed by atoms with Crippen LogP contribution in [0.15, 0.2) is 12.3 Å². The maximum absolute atomic E-state index is 12.4. The minimum absolute atomic E-state index is 0.0231. The van der Waals surface area contributed by atoms with Crippen LogP contribution in [-0.2, 0) is 11.0 Å². The quantitative estimate of drug-likeness (QED) is 0.891. The van der Waals surface area contributed by atoms with Gasteiger partial charge in [-0.15, -0.1) is 5.10 Å². The van der Waals surface area contributed by atoms with Gasteiger partial charge in [0.15, 0.2) is 5.69 Å². The van der Waals surface area contributed by atoms with Gasteiger partial charge in [-0.1, -0.05) is 0 Å². The first-order valence-electron chi connectivity index (χ1n) is 5.23. The lowest BCUT2D eigenvalue weighted by Crippen LogP contribution is -2.47. The fourth-order valence-corrected chi connectivity index (χ4v) is 1.82.